The number of nitrogens with zero attached hydrogens (tertiary/aromatic N) is 2. The molecule has 1 amide bonds. The Morgan fingerprint density at radius 2 is 1.76 bits per heavy atom. The van der Waals surface area contributed by atoms with E-state index in [1.54, 1.807) is 17.0 Å². The molecule has 2 aromatic carbocycles. The van der Waals surface area contributed by atoms with Gasteiger partial charge in [-0.1, -0.05) is 57.4 Å². The minimum absolute atomic E-state index is 0.285. The van der Waals surface area contributed by atoms with Crippen LogP contribution in [0.3, 0.4) is 0 Å². The second-order valence-corrected chi connectivity index (χ2v) is 8.65. The molecule has 1 saturated carbocycles. The number of carboxylic acids is 1. The zero-order valence-electron chi connectivity index (χ0n) is 20.3. The van der Waals surface area contributed by atoms with Gasteiger partial charge in [0.1, 0.15) is 0 Å². The number of ether oxygens (including phenoxy) is 1. The quantitative estimate of drug-likeness (QED) is 0.452. The number of carbonyl (C=O) groups is 2. The van der Waals surface area contributed by atoms with E-state index in [9.17, 15) is 14.7 Å². The van der Waals surface area contributed by atoms with Crippen LogP contribution in [0.25, 0.3) is 22.2 Å². The van der Waals surface area contributed by atoms with Crippen molar-refractivity contribution in [3.05, 3.63) is 53.6 Å². The molecule has 2 aliphatic rings. The lowest BCUT2D eigenvalue weighted by molar-refractivity contribution is 0.0697. The SMILES string of the molecule is CC.CCOC(=O)N1CCn2c(c(C3CCCCC3)c3ccc(C(=O)O)cc32)-c2ccccc21. The van der Waals surface area contributed by atoms with Crippen molar-refractivity contribution in [2.45, 2.75) is 65.3 Å². The van der Waals surface area contributed by atoms with E-state index in [-0.39, 0.29) is 11.7 Å². The lowest BCUT2D eigenvalue weighted by Gasteiger charge is -2.24. The molecular weight excluding hydrogens is 428 g/mol. The molecule has 0 unspecified atom stereocenters. The molecule has 0 spiro atoms. The largest absolute Gasteiger partial charge is 0.478 e. The summed E-state index contributed by atoms with van der Waals surface area (Å²) in [6, 6.07) is 13.5. The van der Waals surface area contributed by atoms with Gasteiger partial charge in [0, 0.05) is 29.6 Å². The number of anilines is 1. The molecule has 1 aromatic heterocycles. The lowest BCUT2D eigenvalue weighted by atomic mass is 9.81. The zero-order valence-corrected chi connectivity index (χ0v) is 20.3. The Morgan fingerprint density at radius 3 is 2.47 bits per heavy atom. The average Bonchev–Trinajstić information content (AvgIpc) is 3.09. The number of amides is 1. The van der Waals surface area contributed by atoms with Gasteiger partial charge in [0.05, 0.1) is 23.6 Å². The summed E-state index contributed by atoms with van der Waals surface area (Å²) in [5.41, 5.74) is 5.50. The maximum Gasteiger partial charge on any atom is 0.414 e. The molecule has 3 aromatic rings. The van der Waals surface area contributed by atoms with Crippen LogP contribution < -0.4 is 4.90 Å². The van der Waals surface area contributed by atoms with Gasteiger partial charge in [0.15, 0.2) is 0 Å². The minimum atomic E-state index is -0.927. The van der Waals surface area contributed by atoms with Crippen molar-refractivity contribution in [1.82, 2.24) is 4.57 Å². The third-order valence-electron chi connectivity index (χ3n) is 6.85. The van der Waals surface area contributed by atoms with Gasteiger partial charge in [-0.15, -0.1) is 0 Å². The fourth-order valence-electron chi connectivity index (χ4n) is 5.46. The maximum atomic E-state index is 12.8. The van der Waals surface area contributed by atoms with Crippen LogP contribution in [0.2, 0.25) is 0 Å². The summed E-state index contributed by atoms with van der Waals surface area (Å²) < 4.78 is 7.58. The summed E-state index contributed by atoms with van der Waals surface area (Å²) in [7, 11) is 0. The molecule has 0 bridgehead atoms. The van der Waals surface area contributed by atoms with Crippen molar-refractivity contribution in [3.8, 4) is 11.3 Å². The van der Waals surface area contributed by atoms with Gasteiger partial charge in [-0.25, -0.2) is 9.59 Å². The first-order valence-corrected chi connectivity index (χ1v) is 12.5. The predicted molar refractivity (Wildman–Crippen MR) is 136 cm³/mol. The second kappa shape index (κ2) is 10.3. The summed E-state index contributed by atoms with van der Waals surface area (Å²) in [5.74, 6) is -0.496. The number of benzene rings is 2. The molecule has 34 heavy (non-hydrogen) atoms. The number of para-hydroxylation sites is 1. The summed E-state index contributed by atoms with van der Waals surface area (Å²) in [4.78, 5) is 26.2. The Kier molecular flexibility index (Phi) is 7.25. The van der Waals surface area contributed by atoms with Crippen LogP contribution >= 0.6 is 0 Å². The van der Waals surface area contributed by atoms with Gasteiger partial charge in [0.2, 0.25) is 0 Å². The molecule has 2 heterocycles. The van der Waals surface area contributed by atoms with Crippen molar-refractivity contribution in [3.63, 3.8) is 0 Å². The highest BCUT2D eigenvalue weighted by atomic mass is 16.6. The fourth-order valence-corrected chi connectivity index (χ4v) is 5.46. The van der Waals surface area contributed by atoms with E-state index in [0.29, 0.717) is 25.6 Å². The lowest BCUT2D eigenvalue weighted by Crippen LogP contribution is -2.33. The van der Waals surface area contributed by atoms with Crippen molar-refractivity contribution in [1.29, 1.82) is 0 Å². The van der Waals surface area contributed by atoms with Gasteiger partial charge in [0.25, 0.3) is 0 Å². The van der Waals surface area contributed by atoms with Crippen LogP contribution in [0.5, 0.6) is 0 Å². The van der Waals surface area contributed by atoms with Crippen LogP contribution in [-0.4, -0.2) is 34.9 Å². The van der Waals surface area contributed by atoms with E-state index >= 15 is 0 Å². The normalized spacial score (nSPS) is 15.6. The molecule has 180 valence electrons. The summed E-state index contributed by atoms with van der Waals surface area (Å²) in [6.07, 6.45) is 5.61. The standard InChI is InChI=1S/C26H28N2O4.C2H6/c1-2-32-26(31)28-15-14-27-22-16-18(25(29)30)12-13-19(22)23(17-8-4-3-5-9-17)24(27)20-10-6-7-11-21(20)28;1-2/h6-7,10-13,16-17H,2-5,8-9,14-15H2,1H3,(H,29,30);1-2H3. The van der Waals surface area contributed by atoms with Crippen molar-refractivity contribution in [2.24, 2.45) is 0 Å². The number of rotatable bonds is 3. The van der Waals surface area contributed by atoms with Gasteiger partial charge in [-0.05, 0) is 49.4 Å². The molecule has 1 N–H and O–H groups in total. The van der Waals surface area contributed by atoms with Crippen LogP contribution in [0.15, 0.2) is 42.5 Å². The summed E-state index contributed by atoms with van der Waals surface area (Å²) >= 11 is 0. The molecule has 0 radical (unpaired) electrons. The number of carboxylic acid groups (broad SMARTS) is 1. The Hall–Kier alpha value is -3.28. The van der Waals surface area contributed by atoms with Crippen molar-refractivity contribution >= 4 is 28.7 Å². The second-order valence-electron chi connectivity index (χ2n) is 8.65. The van der Waals surface area contributed by atoms with Crippen LogP contribution in [-0.2, 0) is 11.3 Å². The number of hydrogen-bond donors (Lipinski definition) is 1. The van der Waals surface area contributed by atoms with E-state index in [4.69, 9.17) is 4.74 Å². The molecule has 1 fully saturated rings. The third kappa shape index (κ3) is 4.17. The molecular formula is C28H34N2O4. The molecule has 6 heteroatoms. The third-order valence-corrected chi connectivity index (χ3v) is 6.85. The number of aromatic carboxylic acids is 1. The van der Waals surface area contributed by atoms with E-state index < -0.39 is 5.97 Å². The topological polar surface area (TPSA) is 71.8 Å². The zero-order chi connectivity index (χ0) is 24.2. The number of aromatic nitrogens is 1. The van der Waals surface area contributed by atoms with E-state index in [1.165, 1.54) is 24.8 Å². The highest BCUT2D eigenvalue weighted by Crippen LogP contribution is 2.47. The summed E-state index contributed by atoms with van der Waals surface area (Å²) in [6.45, 7) is 7.18. The molecule has 0 saturated heterocycles. The molecule has 5 rings (SSSR count). The Balaban J connectivity index is 0.00000133. The summed E-state index contributed by atoms with van der Waals surface area (Å²) in [5, 5.41) is 10.7. The van der Waals surface area contributed by atoms with E-state index in [0.717, 1.165) is 40.7 Å². The highest BCUT2D eigenvalue weighted by molar-refractivity contribution is 6.01. The van der Waals surface area contributed by atoms with Gasteiger partial charge >= 0.3 is 12.1 Å². The number of fused-ring (bicyclic) bond motifs is 5. The number of hydrogen-bond acceptors (Lipinski definition) is 3. The van der Waals surface area contributed by atoms with Crippen LogP contribution in [0.1, 0.15) is 74.7 Å². The molecule has 1 aliphatic carbocycles. The average molecular weight is 463 g/mol. The number of carbonyl (C=O) groups excluding carboxylic acids is 1. The maximum absolute atomic E-state index is 12.8. The first-order valence-electron chi connectivity index (χ1n) is 12.5. The monoisotopic (exact) mass is 462 g/mol. The molecule has 6 nitrogen and oxygen atoms in total. The van der Waals surface area contributed by atoms with Crippen molar-refractivity contribution < 1.29 is 19.4 Å². The van der Waals surface area contributed by atoms with Crippen LogP contribution in [0.4, 0.5) is 10.5 Å². The van der Waals surface area contributed by atoms with Gasteiger partial charge in [-0.3, -0.25) is 4.90 Å². The Labute approximate surface area is 201 Å². The first kappa shape index (κ1) is 23.9. The smallest absolute Gasteiger partial charge is 0.414 e. The van der Waals surface area contributed by atoms with Crippen LogP contribution in [0, 0.1) is 0 Å². The van der Waals surface area contributed by atoms with Gasteiger partial charge < -0.3 is 14.4 Å². The Morgan fingerprint density at radius 1 is 1.03 bits per heavy atom. The Bertz CT molecular complexity index is 1190. The van der Waals surface area contributed by atoms with E-state index in [2.05, 4.69) is 10.6 Å². The highest BCUT2D eigenvalue weighted by Gasteiger charge is 2.32. The molecule has 1 aliphatic heterocycles. The van der Waals surface area contributed by atoms with E-state index in [1.807, 2.05) is 45.0 Å². The van der Waals surface area contributed by atoms with Crippen molar-refractivity contribution in [2.75, 3.05) is 18.1 Å². The first-order chi connectivity index (χ1) is 16.6. The minimum Gasteiger partial charge on any atom is -0.478 e. The fraction of sp³-hybridized carbons (Fsp3) is 0.429. The predicted octanol–water partition coefficient (Wildman–Crippen LogP) is 7.06. The molecule has 0 atom stereocenters. The van der Waals surface area contributed by atoms with Gasteiger partial charge in [-0.2, -0.15) is 0 Å².